The molecule has 5 rings (SSSR count). The summed E-state index contributed by atoms with van der Waals surface area (Å²) in [5.41, 5.74) is 3.50. The standard InChI is InChI=1S/C26H18F3N5/c1-15-31-16(2)33-25(32-15)19-7-8-20(14-30)23(12-19)34-22-6-4-3-5-17(22)11-18-9-10-21(13-24(18)34)26(27,28)29/h3-10,12-13H,11H2,1-2H3. The zero-order valence-corrected chi connectivity index (χ0v) is 18.4. The van der Waals surface area contributed by atoms with Crippen LogP contribution in [0.25, 0.3) is 11.4 Å². The second-order valence-electron chi connectivity index (χ2n) is 8.08. The molecule has 1 aliphatic heterocycles. The van der Waals surface area contributed by atoms with Crippen LogP contribution >= 0.6 is 0 Å². The third kappa shape index (κ3) is 3.75. The van der Waals surface area contributed by atoms with Gasteiger partial charge in [-0.25, -0.2) is 15.0 Å². The van der Waals surface area contributed by atoms with Gasteiger partial charge in [0.1, 0.15) is 17.7 Å². The van der Waals surface area contributed by atoms with E-state index in [4.69, 9.17) is 0 Å². The number of aromatic nitrogens is 3. The molecule has 0 radical (unpaired) electrons. The molecule has 0 bridgehead atoms. The van der Waals surface area contributed by atoms with Gasteiger partial charge in [-0.15, -0.1) is 0 Å². The van der Waals surface area contributed by atoms with Gasteiger partial charge in [-0.1, -0.05) is 24.3 Å². The van der Waals surface area contributed by atoms with Gasteiger partial charge >= 0.3 is 6.18 Å². The Morgan fingerprint density at radius 2 is 1.53 bits per heavy atom. The van der Waals surface area contributed by atoms with E-state index in [1.807, 2.05) is 24.3 Å². The third-order valence-corrected chi connectivity index (χ3v) is 5.74. The summed E-state index contributed by atoms with van der Waals surface area (Å²) < 4.78 is 40.8. The van der Waals surface area contributed by atoms with Crippen molar-refractivity contribution in [2.45, 2.75) is 26.4 Å². The van der Waals surface area contributed by atoms with Crippen molar-refractivity contribution in [1.82, 2.24) is 15.0 Å². The normalized spacial score (nSPS) is 12.6. The van der Waals surface area contributed by atoms with Gasteiger partial charge in [-0.3, -0.25) is 0 Å². The summed E-state index contributed by atoms with van der Waals surface area (Å²) >= 11 is 0. The first kappa shape index (κ1) is 21.6. The highest BCUT2D eigenvalue weighted by molar-refractivity contribution is 5.87. The summed E-state index contributed by atoms with van der Waals surface area (Å²) in [4.78, 5) is 14.8. The fourth-order valence-electron chi connectivity index (χ4n) is 4.27. The molecule has 1 aliphatic rings. The average Bonchev–Trinajstić information content (AvgIpc) is 2.80. The van der Waals surface area contributed by atoms with Crippen molar-refractivity contribution in [2.75, 3.05) is 4.90 Å². The molecule has 0 spiro atoms. The molecule has 3 aromatic carbocycles. The Hall–Kier alpha value is -4.25. The van der Waals surface area contributed by atoms with E-state index in [0.717, 1.165) is 28.9 Å². The van der Waals surface area contributed by atoms with Crippen LogP contribution in [0.3, 0.4) is 0 Å². The molecular formula is C26H18F3N5. The van der Waals surface area contributed by atoms with Crippen LogP contribution in [0.4, 0.5) is 30.2 Å². The topological polar surface area (TPSA) is 65.7 Å². The Morgan fingerprint density at radius 1 is 0.824 bits per heavy atom. The number of para-hydroxylation sites is 1. The predicted molar refractivity (Wildman–Crippen MR) is 122 cm³/mol. The van der Waals surface area contributed by atoms with Crippen molar-refractivity contribution in [1.29, 1.82) is 5.26 Å². The van der Waals surface area contributed by atoms with Crippen LogP contribution in [-0.4, -0.2) is 15.0 Å². The van der Waals surface area contributed by atoms with Crippen LogP contribution in [0, 0.1) is 25.2 Å². The maximum Gasteiger partial charge on any atom is 0.416 e. The fourth-order valence-corrected chi connectivity index (χ4v) is 4.27. The average molecular weight is 457 g/mol. The molecule has 4 aromatic rings. The molecule has 0 atom stereocenters. The van der Waals surface area contributed by atoms with Crippen molar-refractivity contribution in [3.63, 3.8) is 0 Å². The third-order valence-electron chi connectivity index (χ3n) is 5.74. The highest BCUT2D eigenvalue weighted by atomic mass is 19.4. The highest BCUT2D eigenvalue weighted by Gasteiger charge is 2.34. The minimum absolute atomic E-state index is 0.325. The number of nitrogens with zero attached hydrogens (tertiary/aromatic N) is 5. The molecule has 0 unspecified atom stereocenters. The number of halogens is 3. The van der Waals surface area contributed by atoms with Gasteiger partial charge in [0.05, 0.1) is 22.5 Å². The van der Waals surface area contributed by atoms with E-state index in [9.17, 15) is 18.4 Å². The quantitative estimate of drug-likeness (QED) is 0.306. The van der Waals surface area contributed by atoms with Crippen LogP contribution in [0.2, 0.25) is 0 Å². The zero-order chi connectivity index (χ0) is 24.0. The van der Waals surface area contributed by atoms with Gasteiger partial charge < -0.3 is 4.90 Å². The Morgan fingerprint density at radius 3 is 2.24 bits per heavy atom. The van der Waals surface area contributed by atoms with E-state index in [1.165, 1.54) is 6.07 Å². The molecule has 5 nitrogen and oxygen atoms in total. The summed E-state index contributed by atoms with van der Waals surface area (Å²) in [6, 6.07) is 18.6. The van der Waals surface area contributed by atoms with E-state index in [-0.39, 0.29) is 0 Å². The lowest BCUT2D eigenvalue weighted by Crippen LogP contribution is -2.20. The molecule has 0 saturated heterocycles. The molecule has 0 N–H and O–H groups in total. The molecule has 0 saturated carbocycles. The summed E-state index contributed by atoms with van der Waals surface area (Å²) in [5.74, 6) is 1.54. The number of hydrogen-bond donors (Lipinski definition) is 0. The Bertz CT molecular complexity index is 1450. The first-order valence-electron chi connectivity index (χ1n) is 10.6. The largest absolute Gasteiger partial charge is 0.416 e. The van der Waals surface area contributed by atoms with Gasteiger partial charge in [0.25, 0.3) is 0 Å². The van der Waals surface area contributed by atoms with Gasteiger partial charge in [-0.05, 0) is 61.4 Å². The van der Waals surface area contributed by atoms with E-state index in [2.05, 4.69) is 21.0 Å². The number of fused-ring (bicyclic) bond motifs is 2. The molecule has 34 heavy (non-hydrogen) atoms. The second kappa shape index (κ2) is 7.96. The van der Waals surface area contributed by atoms with Crippen molar-refractivity contribution >= 4 is 17.1 Å². The summed E-state index contributed by atoms with van der Waals surface area (Å²) in [7, 11) is 0. The maximum atomic E-state index is 13.6. The predicted octanol–water partition coefficient (Wildman–Crippen LogP) is 6.42. The SMILES string of the molecule is Cc1nc(C)nc(-c2ccc(C#N)c(N3c4ccccc4Cc4ccc(C(F)(F)F)cc43)c2)n1. The number of alkyl halides is 3. The Balaban J connectivity index is 1.77. The van der Waals surface area contributed by atoms with E-state index in [1.54, 1.807) is 36.9 Å². The lowest BCUT2D eigenvalue weighted by atomic mass is 9.93. The smallest absolute Gasteiger partial charge is 0.309 e. The molecule has 0 amide bonds. The second-order valence-corrected chi connectivity index (χ2v) is 8.08. The van der Waals surface area contributed by atoms with Gasteiger partial charge in [0, 0.05) is 17.7 Å². The minimum Gasteiger partial charge on any atom is -0.309 e. The van der Waals surface area contributed by atoms with Crippen LogP contribution in [0.5, 0.6) is 0 Å². The first-order chi connectivity index (χ1) is 16.2. The lowest BCUT2D eigenvalue weighted by Gasteiger charge is -2.34. The number of nitriles is 1. The number of anilines is 3. The van der Waals surface area contributed by atoms with Crippen LogP contribution in [-0.2, 0) is 12.6 Å². The number of hydrogen-bond acceptors (Lipinski definition) is 5. The molecule has 2 heterocycles. The monoisotopic (exact) mass is 457 g/mol. The maximum absolute atomic E-state index is 13.6. The zero-order valence-electron chi connectivity index (χ0n) is 18.4. The number of aryl methyl sites for hydroxylation is 2. The van der Waals surface area contributed by atoms with Crippen molar-refractivity contribution in [3.8, 4) is 17.5 Å². The van der Waals surface area contributed by atoms with E-state index < -0.39 is 11.7 Å². The minimum atomic E-state index is -4.49. The van der Waals surface area contributed by atoms with E-state index in [0.29, 0.717) is 46.4 Å². The van der Waals surface area contributed by atoms with Crippen molar-refractivity contribution < 1.29 is 13.2 Å². The molecule has 168 valence electrons. The fraction of sp³-hybridized carbons (Fsp3) is 0.154. The molecule has 8 heteroatoms. The Kier molecular flexibility index (Phi) is 5.05. The molecular weight excluding hydrogens is 439 g/mol. The van der Waals surface area contributed by atoms with Crippen molar-refractivity contribution in [3.05, 3.63) is 94.6 Å². The summed E-state index contributed by atoms with van der Waals surface area (Å²) in [6.07, 6.45) is -3.99. The first-order valence-corrected chi connectivity index (χ1v) is 10.6. The van der Waals surface area contributed by atoms with Gasteiger partial charge in [0.15, 0.2) is 5.82 Å². The van der Waals surface area contributed by atoms with Gasteiger partial charge in [-0.2, -0.15) is 18.4 Å². The molecule has 0 aliphatic carbocycles. The van der Waals surface area contributed by atoms with Gasteiger partial charge in [0.2, 0.25) is 0 Å². The lowest BCUT2D eigenvalue weighted by molar-refractivity contribution is -0.137. The Labute approximate surface area is 194 Å². The number of rotatable bonds is 2. The number of benzene rings is 3. The highest BCUT2D eigenvalue weighted by Crippen LogP contribution is 2.47. The van der Waals surface area contributed by atoms with Crippen LogP contribution in [0.15, 0.2) is 60.7 Å². The molecule has 0 fully saturated rings. The summed E-state index contributed by atoms with van der Waals surface area (Å²) in [5, 5.41) is 9.88. The summed E-state index contributed by atoms with van der Waals surface area (Å²) in [6.45, 7) is 3.52. The molecule has 1 aromatic heterocycles. The van der Waals surface area contributed by atoms with E-state index >= 15 is 0 Å². The van der Waals surface area contributed by atoms with Crippen LogP contribution in [0.1, 0.15) is 33.9 Å². The van der Waals surface area contributed by atoms with Crippen LogP contribution < -0.4 is 4.90 Å². The van der Waals surface area contributed by atoms with Crippen molar-refractivity contribution in [2.24, 2.45) is 0 Å².